The number of rotatable bonds is 4. The summed E-state index contributed by atoms with van der Waals surface area (Å²) in [4.78, 5) is 25.2. The van der Waals surface area contributed by atoms with E-state index in [9.17, 15) is 4.79 Å². The van der Waals surface area contributed by atoms with Gasteiger partial charge in [0.05, 0.1) is 12.4 Å². The molecule has 126 valence electrons. The Morgan fingerprint density at radius 1 is 1.12 bits per heavy atom. The zero-order valence-corrected chi connectivity index (χ0v) is 14.3. The Balaban J connectivity index is 1.61. The second-order valence-corrected chi connectivity index (χ2v) is 6.08. The number of aromatic nitrogens is 2. The van der Waals surface area contributed by atoms with Crippen molar-refractivity contribution in [2.45, 2.75) is 6.92 Å². The zero-order valence-electron chi connectivity index (χ0n) is 13.6. The van der Waals surface area contributed by atoms with Crippen LogP contribution >= 0.6 is 11.6 Å². The summed E-state index contributed by atoms with van der Waals surface area (Å²) in [5.74, 6) is 0.529. The molecule has 1 saturated heterocycles. The van der Waals surface area contributed by atoms with Crippen LogP contribution in [-0.2, 0) is 0 Å². The number of anilines is 2. The van der Waals surface area contributed by atoms with Crippen LogP contribution in [0.4, 0.5) is 11.5 Å². The Morgan fingerprint density at radius 2 is 1.83 bits per heavy atom. The molecule has 0 aliphatic carbocycles. The highest BCUT2D eigenvalue weighted by molar-refractivity contribution is 6.30. The van der Waals surface area contributed by atoms with E-state index in [4.69, 9.17) is 11.6 Å². The Morgan fingerprint density at radius 3 is 2.42 bits per heavy atom. The number of amides is 1. The Labute approximate surface area is 146 Å². The smallest absolute Gasteiger partial charge is 0.274 e. The van der Waals surface area contributed by atoms with Gasteiger partial charge < -0.3 is 15.1 Å². The SMILES string of the molecule is CCN1CCN(C(=O)c2cnc(Nc3ccc(Cl)cc3)cn2)CC1. The third-order valence-corrected chi connectivity index (χ3v) is 4.35. The molecule has 3 rings (SSSR count). The monoisotopic (exact) mass is 345 g/mol. The number of hydrogen-bond donors (Lipinski definition) is 1. The summed E-state index contributed by atoms with van der Waals surface area (Å²) in [6.07, 6.45) is 3.09. The van der Waals surface area contributed by atoms with E-state index in [-0.39, 0.29) is 5.91 Å². The molecule has 1 amide bonds. The van der Waals surface area contributed by atoms with Gasteiger partial charge in [0.1, 0.15) is 11.5 Å². The molecule has 6 nitrogen and oxygen atoms in total. The molecule has 0 bridgehead atoms. The Hall–Kier alpha value is -2.18. The van der Waals surface area contributed by atoms with Crippen molar-refractivity contribution >= 4 is 29.0 Å². The third kappa shape index (κ3) is 4.01. The number of hydrogen-bond acceptors (Lipinski definition) is 5. The number of carbonyl (C=O) groups excluding carboxylic acids is 1. The molecule has 0 radical (unpaired) electrons. The van der Waals surface area contributed by atoms with Crippen LogP contribution in [0.2, 0.25) is 5.02 Å². The van der Waals surface area contributed by atoms with Gasteiger partial charge in [-0.3, -0.25) is 4.79 Å². The Kier molecular flexibility index (Phi) is 5.27. The summed E-state index contributed by atoms with van der Waals surface area (Å²) >= 11 is 5.86. The van der Waals surface area contributed by atoms with Crippen LogP contribution in [0.5, 0.6) is 0 Å². The highest BCUT2D eigenvalue weighted by Crippen LogP contribution is 2.17. The molecule has 1 aromatic heterocycles. The van der Waals surface area contributed by atoms with Gasteiger partial charge in [-0.2, -0.15) is 0 Å². The topological polar surface area (TPSA) is 61.4 Å². The molecule has 0 atom stereocenters. The van der Waals surface area contributed by atoms with Gasteiger partial charge in [0.2, 0.25) is 0 Å². The Bertz CT molecular complexity index is 681. The quantitative estimate of drug-likeness (QED) is 0.923. The van der Waals surface area contributed by atoms with Crippen molar-refractivity contribution in [1.29, 1.82) is 0 Å². The second kappa shape index (κ2) is 7.59. The maximum atomic E-state index is 12.5. The van der Waals surface area contributed by atoms with E-state index in [0.717, 1.165) is 38.4 Å². The van der Waals surface area contributed by atoms with Crippen molar-refractivity contribution < 1.29 is 4.79 Å². The molecular weight excluding hydrogens is 326 g/mol. The van der Waals surface area contributed by atoms with Crippen LogP contribution < -0.4 is 5.32 Å². The largest absolute Gasteiger partial charge is 0.339 e. The number of halogens is 1. The molecule has 1 fully saturated rings. The normalized spacial score (nSPS) is 15.3. The van der Waals surface area contributed by atoms with E-state index in [1.165, 1.54) is 6.20 Å². The summed E-state index contributed by atoms with van der Waals surface area (Å²) in [6.45, 7) is 6.44. The van der Waals surface area contributed by atoms with E-state index >= 15 is 0 Å². The standard InChI is InChI=1S/C17H20ClN5O/c1-2-22-7-9-23(10-8-22)17(24)15-11-20-16(12-19-15)21-14-5-3-13(18)4-6-14/h3-6,11-12H,2,7-10H2,1H3,(H,20,21). The van der Waals surface area contributed by atoms with Crippen LogP contribution in [0.1, 0.15) is 17.4 Å². The molecule has 0 unspecified atom stereocenters. The van der Waals surface area contributed by atoms with E-state index in [0.29, 0.717) is 16.5 Å². The lowest BCUT2D eigenvalue weighted by Crippen LogP contribution is -2.48. The summed E-state index contributed by atoms with van der Waals surface area (Å²) in [5, 5.41) is 3.80. The minimum absolute atomic E-state index is 0.0590. The highest BCUT2D eigenvalue weighted by atomic mass is 35.5. The number of nitrogens with one attached hydrogen (secondary N) is 1. The van der Waals surface area contributed by atoms with Crippen molar-refractivity contribution in [1.82, 2.24) is 19.8 Å². The fourth-order valence-corrected chi connectivity index (χ4v) is 2.74. The highest BCUT2D eigenvalue weighted by Gasteiger charge is 2.22. The molecule has 1 aliphatic heterocycles. The average molecular weight is 346 g/mol. The van der Waals surface area contributed by atoms with E-state index in [2.05, 4.69) is 27.1 Å². The number of nitrogens with zero attached hydrogens (tertiary/aromatic N) is 4. The van der Waals surface area contributed by atoms with Gasteiger partial charge in [-0.05, 0) is 30.8 Å². The van der Waals surface area contributed by atoms with Gasteiger partial charge in [0.15, 0.2) is 0 Å². The van der Waals surface area contributed by atoms with Gasteiger partial charge in [0.25, 0.3) is 5.91 Å². The first-order valence-corrected chi connectivity index (χ1v) is 8.40. The molecule has 7 heteroatoms. The summed E-state index contributed by atoms with van der Waals surface area (Å²) in [5.41, 5.74) is 1.24. The molecule has 0 spiro atoms. The number of piperazine rings is 1. The third-order valence-electron chi connectivity index (χ3n) is 4.09. The second-order valence-electron chi connectivity index (χ2n) is 5.65. The maximum absolute atomic E-state index is 12.5. The molecule has 1 aromatic carbocycles. The van der Waals surface area contributed by atoms with Gasteiger partial charge >= 0.3 is 0 Å². The van der Waals surface area contributed by atoms with E-state index in [1.807, 2.05) is 17.0 Å². The van der Waals surface area contributed by atoms with Crippen LogP contribution in [0, 0.1) is 0 Å². The van der Waals surface area contributed by atoms with Crippen molar-refractivity contribution in [3.05, 3.63) is 47.4 Å². The lowest BCUT2D eigenvalue weighted by atomic mass is 10.3. The maximum Gasteiger partial charge on any atom is 0.274 e. The van der Waals surface area contributed by atoms with Gasteiger partial charge in [-0.15, -0.1) is 0 Å². The first kappa shape index (κ1) is 16.7. The van der Waals surface area contributed by atoms with Crippen LogP contribution in [0.3, 0.4) is 0 Å². The van der Waals surface area contributed by atoms with Crippen LogP contribution in [-0.4, -0.2) is 58.4 Å². The molecule has 1 aliphatic rings. The summed E-state index contributed by atoms with van der Waals surface area (Å²) in [6, 6.07) is 7.31. The van der Waals surface area contributed by atoms with Gasteiger partial charge in [-0.25, -0.2) is 9.97 Å². The average Bonchev–Trinajstić information content (AvgIpc) is 2.64. The first-order valence-electron chi connectivity index (χ1n) is 8.02. The van der Waals surface area contributed by atoms with Gasteiger partial charge in [0, 0.05) is 36.9 Å². The number of benzene rings is 1. The summed E-state index contributed by atoms with van der Waals surface area (Å²) in [7, 11) is 0. The fourth-order valence-electron chi connectivity index (χ4n) is 2.61. The van der Waals surface area contributed by atoms with E-state index in [1.54, 1.807) is 18.3 Å². The molecular formula is C17H20ClN5O. The van der Waals surface area contributed by atoms with Crippen LogP contribution in [0.15, 0.2) is 36.7 Å². The molecule has 0 saturated carbocycles. The number of carbonyl (C=O) groups is 1. The lowest BCUT2D eigenvalue weighted by Gasteiger charge is -2.33. The molecule has 2 heterocycles. The molecule has 2 aromatic rings. The lowest BCUT2D eigenvalue weighted by molar-refractivity contribution is 0.0637. The van der Waals surface area contributed by atoms with E-state index < -0.39 is 0 Å². The summed E-state index contributed by atoms with van der Waals surface area (Å²) < 4.78 is 0. The number of likely N-dealkylation sites (N-methyl/N-ethyl adjacent to an activating group) is 1. The molecule has 1 N–H and O–H groups in total. The van der Waals surface area contributed by atoms with Crippen molar-refractivity contribution in [3.63, 3.8) is 0 Å². The predicted molar refractivity (Wildman–Crippen MR) is 94.8 cm³/mol. The fraction of sp³-hybridized carbons (Fsp3) is 0.353. The van der Waals surface area contributed by atoms with Crippen molar-refractivity contribution in [2.24, 2.45) is 0 Å². The van der Waals surface area contributed by atoms with Crippen molar-refractivity contribution in [3.8, 4) is 0 Å². The predicted octanol–water partition coefficient (Wildman–Crippen LogP) is 2.65. The molecule has 24 heavy (non-hydrogen) atoms. The van der Waals surface area contributed by atoms with Crippen LogP contribution in [0.25, 0.3) is 0 Å². The zero-order chi connectivity index (χ0) is 16.9. The van der Waals surface area contributed by atoms with Gasteiger partial charge in [-0.1, -0.05) is 18.5 Å². The minimum Gasteiger partial charge on any atom is -0.339 e. The minimum atomic E-state index is -0.0590. The first-order chi connectivity index (χ1) is 11.7. The van der Waals surface area contributed by atoms with Crippen molar-refractivity contribution in [2.75, 3.05) is 38.0 Å².